The Kier molecular flexibility index (Phi) is 3.99. The fourth-order valence-electron chi connectivity index (χ4n) is 2.04. The van der Waals surface area contributed by atoms with Gasteiger partial charge < -0.3 is 4.90 Å². The topological polar surface area (TPSA) is 29.0 Å². The van der Waals surface area contributed by atoms with Crippen LogP contribution in [0.15, 0.2) is 22.0 Å². The summed E-state index contributed by atoms with van der Waals surface area (Å²) in [6.45, 7) is 2.87. The summed E-state index contributed by atoms with van der Waals surface area (Å²) in [6.07, 6.45) is 0. The molecule has 0 fully saturated rings. The molecule has 3 aromatic heterocycles. The van der Waals surface area contributed by atoms with Crippen molar-refractivity contribution in [2.75, 3.05) is 11.9 Å². The van der Waals surface area contributed by atoms with Gasteiger partial charge in [-0.25, -0.2) is 4.98 Å². The van der Waals surface area contributed by atoms with Crippen molar-refractivity contribution in [3.63, 3.8) is 0 Å². The van der Waals surface area contributed by atoms with Gasteiger partial charge in [-0.05, 0) is 46.6 Å². The first-order valence-corrected chi connectivity index (χ1v) is 8.77. The van der Waals surface area contributed by atoms with E-state index >= 15 is 0 Å². The minimum atomic E-state index is 0.300. The molecule has 3 aromatic rings. The highest BCUT2D eigenvalue weighted by Gasteiger charge is 2.14. The molecule has 3 rings (SSSR count). The van der Waals surface area contributed by atoms with E-state index < -0.39 is 0 Å². The highest BCUT2D eigenvalue weighted by atomic mass is 79.9. The highest BCUT2D eigenvalue weighted by molar-refractivity contribution is 9.10. The van der Waals surface area contributed by atoms with Crippen molar-refractivity contribution in [3.8, 4) is 0 Å². The average Bonchev–Trinajstić information content (AvgIpc) is 2.93. The molecule has 0 N–H and O–H groups in total. The Morgan fingerprint density at radius 3 is 2.85 bits per heavy atom. The van der Waals surface area contributed by atoms with E-state index in [9.17, 15) is 0 Å². The third kappa shape index (κ3) is 2.83. The van der Waals surface area contributed by atoms with Crippen LogP contribution in [0.2, 0.25) is 5.28 Å². The van der Waals surface area contributed by atoms with E-state index in [1.165, 1.54) is 9.75 Å². The van der Waals surface area contributed by atoms with E-state index in [4.69, 9.17) is 11.6 Å². The summed E-state index contributed by atoms with van der Waals surface area (Å²) < 4.78 is 1.11. The molecule has 0 aliphatic rings. The van der Waals surface area contributed by atoms with Crippen molar-refractivity contribution in [1.82, 2.24) is 9.97 Å². The van der Waals surface area contributed by atoms with Crippen LogP contribution in [-0.2, 0) is 6.54 Å². The van der Waals surface area contributed by atoms with Crippen LogP contribution in [0.25, 0.3) is 10.2 Å². The van der Waals surface area contributed by atoms with Gasteiger partial charge in [0.05, 0.1) is 11.9 Å². The summed E-state index contributed by atoms with van der Waals surface area (Å²) in [5, 5.41) is 3.45. The van der Waals surface area contributed by atoms with Gasteiger partial charge in [0, 0.05) is 26.7 Å². The maximum Gasteiger partial charge on any atom is 0.225 e. The van der Waals surface area contributed by atoms with Gasteiger partial charge in [-0.15, -0.1) is 22.7 Å². The summed E-state index contributed by atoms with van der Waals surface area (Å²) in [6, 6.07) is 4.24. The van der Waals surface area contributed by atoms with Gasteiger partial charge in [0.2, 0.25) is 5.28 Å². The molecule has 3 nitrogen and oxygen atoms in total. The number of aryl methyl sites for hydroxylation is 1. The predicted molar refractivity (Wildman–Crippen MR) is 91.3 cm³/mol. The maximum atomic E-state index is 6.04. The zero-order valence-corrected chi connectivity index (χ0v) is 14.8. The van der Waals surface area contributed by atoms with Crippen molar-refractivity contribution < 1.29 is 0 Å². The third-order valence-corrected chi connectivity index (χ3v) is 5.64. The van der Waals surface area contributed by atoms with Crippen molar-refractivity contribution in [2.45, 2.75) is 13.5 Å². The molecule has 3 heterocycles. The molecule has 104 valence electrons. The first-order chi connectivity index (χ1) is 9.52. The summed E-state index contributed by atoms with van der Waals surface area (Å²) in [5.74, 6) is 0.883. The Balaban J connectivity index is 1.99. The van der Waals surface area contributed by atoms with Crippen LogP contribution in [0.3, 0.4) is 0 Å². The van der Waals surface area contributed by atoms with Crippen molar-refractivity contribution in [2.24, 2.45) is 0 Å². The summed E-state index contributed by atoms with van der Waals surface area (Å²) in [5.41, 5.74) is 0. The number of hydrogen-bond donors (Lipinski definition) is 0. The maximum absolute atomic E-state index is 6.04. The molecule has 0 aliphatic carbocycles. The minimum Gasteiger partial charge on any atom is -0.354 e. The number of halogens is 2. The quantitative estimate of drug-likeness (QED) is 0.584. The fraction of sp³-hybridized carbons (Fsp3) is 0.231. The molecule has 7 heteroatoms. The molecule has 0 radical (unpaired) electrons. The Bertz CT molecular complexity index is 768. The molecular formula is C13H11BrClN3S2. The Labute approximate surface area is 138 Å². The Hall–Kier alpha value is -0.690. The summed E-state index contributed by atoms with van der Waals surface area (Å²) >= 11 is 12.9. The van der Waals surface area contributed by atoms with Gasteiger partial charge in [0.15, 0.2) is 0 Å². The normalized spacial score (nSPS) is 11.2. The second kappa shape index (κ2) is 5.60. The first-order valence-electron chi connectivity index (χ1n) is 5.90. The molecule has 0 saturated heterocycles. The SMILES string of the molecule is Cc1cc2c(N(C)Cc3cc(Br)cs3)nc(Cl)nc2s1. The first kappa shape index (κ1) is 14.3. The number of anilines is 1. The number of hydrogen-bond acceptors (Lipinski definition) is 5. The van der Waals surface area contributed by atoms with E-state index in [0.717, 1.165) is 27.1 Å². The van der Waals surface area contributed by atoms with Crippen LogP contribution >= 0.6 is 50.2 Å². The molecule has 0 bridgehead atoms. The van der Waals surface area contributed by atoms with Crippen LogP contribution in [0.4, 0.5) is 5.82 Å². The van der Waals surface area contributed by atoms with Crippen LogP contribution < -0.4 is 4.90 Å². The lowest BCUT2D eigenvalue weighted by Crippen LogP contribution is -2.17. The molecule has 20 heavy (non-hydrogen) atoms. The Morgan fingerprint density at radius 2 is 2.15 bits per heavy atom. The van der Waals surface area contributed by atoms with E-state index in [0.29, 0.717) is 5.28 Å². The zero-order valence-electron chi connectivity index (χ0n) is 10.9. The second-order valence-electron chi connectivity index (χ2n) is 4.48. The standard InChI is InChI=1S/C13H11BrClN3S2/c1-7-3-10-11(16-13(15)17-12(10)20-7)18(2)5-9-4-8(14)6-19-9/h3-4,6H,5H2,1-2H3. The van der Waals surface area contributed by atoms with Crippen LogP contribution in [0.5, 0.6) is 0 Å². The molecule has 0 spiro atoms. The molecule has 0 atom stereocenters. The lowest BCUT2D eigenvalue weighted by atomic mass is 10.3. The highest BCUT2D eigenvalue weighted by Crippen LogP contribution is 2.32. The lowest BCUT2D eigenvalue weighted by Gasteiger charge is -2.18. The van der Waals surface area contributed by atoms with Gasteiger partial charge in [-0.3, -0.25) is 0 Å². The van der Waals surface area contributed by atoms with E-state index in [-0.39, 0.29) is 0 Å². The van der Waals surface area contributed by atoms with Crippen molar-refractivity contribution in [1.29, 1.82) is 0 Å². The number of nitrogens with zero attached hydrogens (tertiary/aromatic N) is 3. The van der Waals surface area contributed by atoms with Gasteiger partial charge in [0.1, 0.15) is 10.6 Å². The number of thiophene rings is 2. The molecule has 0 saturated carbocycles. The van der Waals surface area contributed by atoms with E-state index in [2.05, 4.69) is 55.2 Å². The molecule has 0 unspecified atom stereocenters. The molecule has 0 aliphatic heterocycles. The third-order valence-electron chi connectivity index (χ3n) is 2.84. The molecular weight excluding hydrogens is 378 g/mol. The number of aromatic nitrogens is 2. The fourth-order valence-corrected chi connectivity index (χ4v) is 4.63. The molecule has 0 aromatic carbocycles. The average molecular weight is 389 g/mol. The van der Waals surface area contributed by atoms with Gasteiger partial charge in [-0.1, -0.05) is 0 Å². The summed E-state index contributed by atoms with van der Waals surface area (Å²) in [4.78, 5) is 14.2. The van der Waals surface area contributed by atoms with Gasteiger partial charge >= 0.3 is 0 Å². The van der Waals surface area contributed by atoms with Crippen LogP contribution in [0.1, 0.15) is 9.75 Å². The number of fused-ring (bicyclic) bond motifs is 1. The lowest BCUT2D eigenvalue weighted by molar-refractivity contribution is 0.915. The van der Waals surface area contributed by atoms with E-state index in [1.54, 1.807) is 22.7 Å². The van der Waals surface area contributed by atoms with E-state index in [1.807, 2.05) is 7.05 Å². The zero-order chi connectivity index (χ0) is 14.3. The van der Waals surface area contributed by atoms with Crippen LogP contribution in [0, 0.1) is 6.92 Å². The second-order valence-corrected chi connectivity index (χ2v) is 7.96. The smallest absolute Gasteiger partial charge is 0.225 e. The predicted octanol–water partition coefficient (Wildman–Crippen LogP) is 5.11. The Morgan fingerprint density at radius 1 is 1.35 bits per heavy atom. The van der Waals surface area contributed by atoms with Crippen LogP contribution in [-0.4, -0.2) is 17.0 Å². The van der Waals surface area contributed by atoms with Gasteiger partial charge in [0.25, 0.3) is 0 Å². The van der Waals surface area contributed by atoms with Crippen molar-refractivity contribution >= 4 is 66.2 Å². The van der Waals surface area contributed by atoms with Crippen molar-refractivity contribution in [3.05, 3.63) is 37.0 Å². The monoisotopic (exact) mass is 387 g/mol. The summed E-state index contributed by atoms with van der Waals surface area (Å²) in [7, 11) is 2.03. The minimum absolute atomic E-state index is 0.300. The molecule has 0 amide bonds. The largest absolute Gasteiger partial charge is 0.354 e. The number of rotatable bonds is 3. The van der Waals surface area contributed by atoms with Gasteiger partial charge in [-0.2, -0.15) is 4.98 Å².